The highest BCUT2D eigenvalue weighted by molar-refractivity contribution is 7.80. The van der Waals surface area contributed by atoms with Gasteiger partial charge in [0, 0.05) is 54.1 Å². The van der Waals surface area contributed by atoms with Gasteiger partial charge in [0.15, 0.2) is 5.11 Å². The highest BCUT2D eigenvalue weighted by Gasteiger charge is 2.44. The first-order chi connectivity index (χ1) is 20.2. The van der Waals surface area contributed by atoms with Gasteiger partial charge in [-0.05, 0) is 85.8 Å². The summed E-state index contributed by atoms with van der Waals surface area (Å²) >= 11 is 30.3. The predicted octanol–water partition coefficient (Wildman–Crippen LogP) is 6.84. The highest BCUT2D eigenvalue weighted by atomic mass is 35.5. The molecule has 42 heavy (non-hydrogen) atoms. The van der Waals surface area contributed by atoms with E-state index >= 15 is 0 Å². The number of anilines is 3. The molecule has 12 heteroatoms. The Hall–Kier alpha value is -2.59. The summed E-state index contributed by atoms with van der Waals surface area (Å²) in [6.07, 6.45) is 0.715. The summed E-state index contributed by atoms with van der Waals surface area (Å²) in [6, 6.07) is 18.9. The van der Waals surface area contributed by atoms with Crippen LogP contribution in [0.25, 0.3) is 0 Å². The van der Waals surface area contributed by atoms with Crippen molar-refractivity contribution < 1.29 is 9.59 Å². The van der Waals surface area contributed by atoms with Crippen LogP contribution in [0.5, 0.6) is 0 Å². The number of hydrogen-bond donors (Lipinski definition) is 1. The largest absolute Gasteiger partial charge is 0.369 e. The van der Waals surface area contributed by atoms with Crippen LogP contribution in [0.15, 0.2) is 66.7 Å². The van der Waals surface area contributed by atoms with E-state index in [1.54, 1.807) is 42.5 Å². The SMILES string of the molecule is O=C(CC1C(=O)N(c2ccc(Cl)c(Cl)c2)C(=S)N1CCCN1CCN(c2cccc(Cl)c2)CC1)Nc1ccc(Cl)cc1. The third kappa shape index (κ3) is 7.30. The first-order valence-electron chi connectivity index (χ1n) is 13.6. The molecule has 0 saturated carbocycles. The molecule has 0 radical (unpaired) electrons. The maximum Gasteiger partial charge on any atom is 0.256 e. The Morgan fingerprint density at radius 2 is 1.57 bits per heavy atom. The Morgan fingerprint density at radius 3 is 2.26 bits per heavy atom. The summed E-state index contributed by atoms with van der Waals surface area (Å²) in [5, 5.41) is 5.19. The standard InChI is InChI=1S/C30H29Cl4N5O2S/c31-20-5-7-22(8-6-20)35-28(40)19-27-29(41)39(24-9-10-25(33)26(34)18-24)30(42)38(27)12-2-11-36-13-15-37(16-14-36)23-4-1-3-21(32)17-23/h1,3-10,17-18,27H,2,11-16,19H2,(H,35,40). The molecule has 1 atom stereocenters. The second-order valence-corrected chi connectivity index (χ2v) is 12.2. The van der Waals surface area contributed by atoms with Gasteiger partial charge in [-0.25, -0.2) is 0 Å². The zero-order valence-electron chi connectivity index (χ0n) is 22.6. The van der Waals surface area contributed by atoms with Crippen molar-refractivity contribution in [2.24, 2.45) is 0 Å². The quantitative estimate of drug-likeness (QED) is 0.253. The fourth-order valence-electron chi connectivity index (χ4n) is 5.24. The van der Waals surface area contributed by atoms with Gasteiger partial charge in [-0.15, -0.1) is 0 Å². The lowest BCUT2D eigenvalue weighted by atomic mass is 10.1. The fourth-order valence-corrected chi connectivity index (χ4v) is 6.25. The first-order valence-corrected chi connectivity index (χ1v) is 15.5. The molecule has 2 fully saturated rings. The third-order valence-electron chi connectivity index (χ3n) is 7.41. The Morgan fingerprint density at radius 1 is 0.833 bits per heavy atom. The van der Waals surface area contributed by atoms with E-state index in [0.717, 1.165) is 49.9 Å². The van der Waals surface area contributed by atoms with Crippen molar-refractivity contribution in [3.8, 4) is 0 Å². The molecular formula is C30H29Cl4N5O2S. The number of hydrogen-bond acceptors (Lipinski definition) is 5. The van der Waals surface area contributed by atoms with Crippen LogP contribution in [0.1, 0.15) is 12.8 Å². The molecule has 0 aromatic heterocycles. The maximum atomic E-state index is 13.7. The van der Waals surface area contributed by atoms with Crippen molar-refractivity contribution in [3.63, 3.8) is 0 Å². The van der Waals surface area contributed by atoms with E-state index in [1.807, 2.05) is 23.1 Å². The van der Waals surface area contributed by atoms with Gasteiger partial charge in [0.25, 0.3) is 5.91 Å². The molecule has 1 N–H and O–H groups in total. The van der Waals surface area contributed by atoms with Gasteiger partial charge in [-0.2, -0.15) is 0 Å². The lowest BCUT2D eigenvalue weighted by Gasteiger charge is -2.36. The van der Waals surface area contributed by atoms with Crippen LogP contribution in [0.4, 0.5) is 17.1 Å². The number of rotatable bonds is 9. The third-order valence-corrected chi connectivity index (χ3v) is 9.05. The Bertz CT molecular complexity index is 1470. The zero-order chi connectivity index (χ0) is 29.8. The molecule has 1 unspecified atom stereocenters. The van der Waals surface area contributed by atoms with Gasteiger partial charge >= 0.3 is 0 Å². The number of carbonyl (C=O) groups excluding carboxylic acids is 2. The number of halogens is 4. The molecule has 3 aromatic rings. The van der Waals surface area contributed by atoms with Crippen LogP contribution in [0.2, 0.25) is 20.1 Å². The molecular weight excluding hydrogens is 636 g/mol. The van der Waals surface area contributed by atoms with Crippen molar-refractivity contribution in [1.82, 2.24) is 9.80 Å². The van der Waals surface area contributed by atoms with E-state index in [9.17, 15) is 9.59 Å². The molecule has 0 bridgehead atoms. The van der Waals surface area contributed by atoms with Crippen molar-refractivity contribution in [2.75, 3.05) is 54.4 Å². The van der Waals surface area contributed by atoms with E-state index in [0.29, 0.717) is 38.1 Å². The van der Waals surface area contributed by atoms with Gasteiger partial charge in [0.05, 0.1) is 22.2 Å². The topological polar surface area (TPSA) is 59.1 Å². The summed E-state index contributed by atoms with van der Waals surface area (Å²) in [5.74, 6) is -0.573. The second-order valence-electron chi connectivity index (χ2n) is 10.2. The molecule has 5 rings (SSSR count). The molecule has 2 heterocycles. The highest BCUT2D eigenvalue weighted by Crippen LogP contribution is 2.32. The van der Waals surface area contributed by atoms with E-state index in [1.165, 1.54) is 4.90 Å². The number of thiocarbonyl (C=S) groups is 1. The van der Waals surface area contributed by atoms with Crippen molar-refractivity contribution in [1.29, 1.82) is 0 Å². The average Bonchev–Trinajstić information content (AvgIpc) is 3.20. The van der Waals surface area contributed by atoms with Crippen LogP contribution in [-0.4, -0.2) is 72.0 Å². The first kappa shape index (κ1) is 30.9. The monoisotopic (exact) mass is 663 g/mol. The Kier molecular flexibility index (Phi) is 10.1. The minimum absolute atomic E-state index is 0.0578. The molecule has 2 amide bonds. The zero-order valence-corrected chi connectivity index (χ0v) is 26.5. The molecule has 0 spiro atoms. The molecule has 3 aromatic carbocycles. The van der Waals surface area contributed by atoms with Gasteiger partial charge in [0.2, 0.25) is 5.91 Å². The van der Waals surface area contributed by atoms with Gasteiger partial charge < -0.3 is 15.1 Å². The summed E-state index contributed by atoms with van der Waals surface area (Å²) in [5.41, 5.74) is 2.24. The fraction of sp³-hybridized carbons (Fsp3) is 0.300. The van der Waals surface area contributed by atoms with E-state index in [-0.39, 0.29) is 18.2 Å². The smallest absolute Gasteiger partial charge is 0.256 e. The number of amides is 2. The Balaban J connectivity index is 1.24. The van der Waals surface area contributed by atoms with Crippen molar-refractivity contribution in [3.05, 3.63) is 86.8 Å². The predicted molar refractivity (Wildman–Crippen MR) is 176 cm³/mol. The van der Waals surface area contributed by atoms with Crippen LogP contribution >= 0.6 is 58.6 Å². The van der Waals surface area contributed by atoms with Crippen molar-refractivity contribution >= 4 is 92.6 Å². The van der Waals surface area contributed by atoms with Crippen LogP contribution in [0, 0.1) is 0 Å². The lowest BCUT2D eigenvalue weighted by Crippen LogP contribution is -2.47. The number of benzene rings is 3. The van der Waals surface area contributed by atoms with Gasteiger partial charge in [-0.1, -0.05) is 52.5 Å². The summed E-state index contributed by atoms with van der Waals surface area (Å²) in [4.78, 5) is 34.8. The molecule has 220 valence electrons. The maximum absolute atomic E-state index is 13.7. The van der Waals surface area contributed by atoms with Crippen molar-refractivity contribution in [2.45, 2.75) is 18.9 Å². The number of nitrogens with one attached hydrogen (secondary N) is 1. The Labute approximate surface area is 270 Å². The minimum atomic E-state index is -0.751. The van der Waals surface area contributed by atoms with Crippen LogP contribution in [0.3, 0.4) is 0 Å². The summed E-state index contributed by atoms with van der Waals surface area (Å²) in [7, 11) is 0. The van der Waals surface area contributed by atoms with E-state index in [2.05, 4.69) is 21.2 Å². The second kappa shape index (κ2) is 13.8. The summed E-state index contributed by atoms with van der Waals surface area (Å²) in [6.45, 7) is 5.00. The van der Waals surface area contributed by atoms with E-state index in [4.69, 9.17) is 58.6 Å². The molecule has 2 aliphatic rings. The van der Waals surface area contributed by atoms with Gasteiger partial charge in [0.1, 0.15) is 6.04 Å². The van der Waals surface area contributed by atoms with Crippen LogP contribution < -0.4 is 15.1 Å². The molecule has 2 aliphatic heterocycles. The number of piperazine rings is 1. The number of nitrogens with zero attached hydrogens (tertiary/aromatic N) is 4. The average molecular weight is 665 g/mol. The molecule has 2 saturated heterocycles. The molecule has 0 aliphatic carbocycles. The minimum Gasteiger partial charge on any atom is -0.369 e. The van der Waals surface area contributed by atoms with Crippen LogP contribution in [-0.2, 0) is 9.59 Å². The summed E-state index contributed by atoms with van der Waals surface area (Å²) < 4.78 is 0. The normalized spacial score (nSPS) is 17.7. The lowest BCUT2D eigenvalue weighted by molar-refractivity contribution is -0.124. The molecule has 7 nitrogen and oxygen atoms in total. The van der Waals surface area contributed by atoms with Gasteiger partial charge in [-0.3, -0.25) is 19.4 Å². The van der Waals surface area contributed by atoms with E-state index < -0.39 is 6.04 Å². The number of carbonyl (C=O) groups is 2.